The van der Waals surface area contributed by atoms with Gasteiger partial charge in [-0.1, -0.05) is 12.1 Å². The van der Waals surface area contributed by atoms with Gasteiger partial charge in [-0.3, -0.25) is 14.0 Å². The smallest absolute Gasteiger partial charge is 0.306 e. The number of carbonyl (C=O) groups excluding carboxylic acids is 1. The quantitative estimate of drug-likeness (QED) is 0.470. The fourth-order valence-corrected chi connectivity index (χ4v) is 3.40. The number of hydrogen-bond acceptors (Lipinski definition) is 6. The highest BCUT2D eigenvalue weighted by Crippen LogP contribution is 2.13. The number of aromatic nitrogens is 2. The van der Waals surface area contributed by atoms with E-state index >= 15 is 0 Å². The van der Waals surface area contributed by atoms with Gasteiger partial charge in [0, 0.05) is 23.6 Å². The van der Waals surface area contributed by atoms with Crippen LogP contribution >= 0.6 is 11.3 Å². The Kier molecular flexibility index (Phi) is 5.68. The van der Waals surface area contributed by atoms with Crippen molar-refractivity contribution in [2.45, 2.75) is 33.3 Å². The molecule has 3 rings (SSSR count). The van der Waals surface area contributed by atoms with Gasteiger partial charge in [0.1, 0.15) is 12.4 Å². The first-order chi connectivity index (χ1) is 12.5. The number of fused-ring (bicyclic) bond motifs is 1. The molecule has 2 aromatic heterocycles. The molecule has 0 saturated carbocycles. The van der Waals surface area contributed by atoms with E-state index < -0.39 is 0 Å². The van der Waals surface area contributed by atoms with Crippen LogP contribution in [0.1, 0.15) is 29.8 Å². The molecule has 0 saturated heterocycles. The van der Waals surface area contributed by atoms with Crippen molar-refractivity contribution in [3.8, 4) is 5.75 Å². The van der Waals surface area contributed by atoms with Crippen molar-refractivity contribution in [3.63, 3.8) is 0 Å². The van der Waals surface area contributed by atoms with Crippen molar-refractivity contribution in [1.29, 1.82) is 0 Å². The van der Waals surface area contributed by atoms with Gasteiger partial charge in [0.25, 0.3) is 5.56 Å². The van der Waals surface area contributed by atoms with E-state index in [2.05, 4.69) is 4.98 Å². The zero-order valence-electron chi connectivity index (χ0n) is 14.7. The van der Waals surface area contributed by atoms with Gasteiger partial charge in [-0.2, -0.15) is 0 Å². The minimum atomic E-state index is -0.331. The third kappa shape index (κ3) is 4.49. The van der Waals surface area contributed by atoms with Crippen LogP contribution in [0.2, 0.25) is 0 Å². The number of thiazole rings is 1. The largest absolute Gasteiger partial charge is 0.494 e. The summed E-state index contributed by atoms with van der Waals surface area (Å²) in [5.41, 5.74) is 2.27. The molecule has 0 spiro atoms. The Morgan fingerprint density at radius 1 is 1.27 bits per heavy atom. The van der Waals surface area contributed by atoms with Gasteiger partial charge in [-0.15, -0.1) is 11.3 Å². The summed E-state index contributed by atoms with van der Waals surface area (Å²) in [4.78, 5) is 28.9. The number of rotatable bonds is 7. The molecule has 0 unspecified atom stereocenters. The SMILES string of the molecule is Cc1cccc(OCCCC(=O)OCc2cc(=O)n3c(C)csc3n2)c1. The number of ether oxygens (including phenoxy) is 2. The van der Waals surface area contributed by atoms with E-state index in [4.69, 9.17) is 9.47 Å². The highest BCUT2D eigenvalue weighted by molar-refractivity contribution is 7.15. The Balaban J connectivity index is 1.45. The Morgan fingerprint density at radius 3 is 2.92 bits per heavy atom. The average Bonchev–Trinajstić information content (AvgIpc) is 2.98. The molecule has 2 heterocycles. The van der Waals surface area contributed by atoms with E-state index in [0.29, 0.717) is 23.7 Å². The maximum atomic E-state index is 12.1. The second kappa shape index (κ2) is 8.14. The van der Waals surface area contributed by atoms with Gasteiger partial charge < -0.3 is 9.47 Å². The van der Waals surface area contributed by atoms with E-state index in [1.54, 1.807) is 4.40 Å². The number of carbonyl (C=O) groups is 1. The monoisotopic (exact) mass is 372 g/mol. The molecule has 6 nitrogen and oxygen atoms in total. The van der Waals surface area contributed by atoms with Crippen LogP contribution in [0, 0.1) is 13.8 Å². The summed E-state index contributed by atoms with van der Waals surface area (Å²) >= 11 is 1.39. The van der Waals surface area contributed by atoms with Crippen LogP contribution in [0.25, 0.3) is 4.96 Å². The van der Waals surface area contributed by atoms with Crippen molar-refractivity contribution in [1.82, 2.24) is 9.38 Å². The van der Waals surface area contributed by atoms with Crippen LogP contribution in [-0.2, 0) is 16.1 Å². The molecule has 7 heteroatoms. The third-order valence-electron chi connectivity index (χ3n) is 3.79. The van der Waals surface area contributed by atoms with Gasteiger partial charge in [0.05, 0.1) is 12.3 Å². The Bertz CT molecular complexity index is 977. The maximum absolute atomic E-state index is 12.1. The molecular formula is C19H20N2O4S. The van der Waals surface area contributed by atoms with Crippen molar-refractivity contribution >= 4 is 22.3 Å². The molecule has 1 aromatic carbocycles. The van der Waals surface area contributed by atoms with Gasteiger partial charge in [0.2, 0.25) is 0 Å². The molecule has 0 atom stereocenters. The Hall–Kier alpha value is -2.67. The van der Waals surface area contributed by atoms with Crippen molar-refractivity contribution in [3.05, 3.63) is 63.0 Å². The molecule has 3 aromatic rings. The number of benzene rings is 1. The molecule has 0 aliphatic rings. The summed E-state index contributed by atoms with van der Waals surface area (Å²) < 4.78 is 12.4. The first-order valence-corrected chi connectivity index (χ1v) is 9.23. The normalized spacial score (nSPS) is 10.8. The van der Waals surface area contributed by atoms with Crippen molar-refractivity contribution in [2.24, 2.45) is 0 Å². The summed E-state index contributed by atoms with van der Waals surface area (Å²) in [5.74, 6) is 0.463. The van der Waals surface area contributed by atoms with Crippen LogP contribution in [0.15, 0.2) is 40.5 Å². The first kappa shape index (κ1) is 18.1. The predicted octanol–water partition coefficient (Wildman–Crippen LogP) is 3.28. The molecule has 0 aliphatic carbocycles. The molecule has 0 radical (unpaired) electrons. The van der Waals surface area contributed by atoms with Crippen LogP contribution in [0.3, 0.4) is 0 Å². The maximum Gasteiger partial charge on any atom is 0.306 e. The lowest BCUT2D eigenvalue weighted by atomic mass is 10.2. The van der Waals surface area contributed by atoms with E-state index in [-0.39, 0.29) is 24.6 Å². The Morgan fingerprint density at radius 2 is 2.12 bits per heavy atom. The average molecular weight is 372 g/mol. The van der Waals surface area contributed by atoms with Gasteiger partial charge in [0.15, 0.2) is 4.96 Å². The minimum absolute atomic E-state index is 0.000256. The van der Waals surface area contributed by atoms with Crippen molar-refractivity contribution < 1.29 is 14.3 Å². The molecule has 0 amide bonds. The predicted molar refractivity (Wildman–Crippen MR) is 99.8 cm³/mol. The molecule has 26 heavy (non-hydrogen) atoms. The lowest BCUT2D eigenvalue weighted by molar-refractivity contribution is -0.145. The highest BCUT2D eigenvalue weighted by atomic mass is 32.1. The molecule has 0 bridgehead atoms. The zero-order valence-corrected chi connectivity index (χ0v) is 15.5. The fourth-order valence-electron chi connectivity index (χ4n) is 2.51. The van der Waals surface area contributed by atoms with Gasteiger partial charge in [-0.25, -0.2) is 4.98 Å². The summed E-state index contributed by atoms with van der Waals surface area (Å²) in [6.45, 7) is 4.29. The molecular weight excluding hydrogens is 352 g/mol. The lowest BCUT2D eigenvalue weighted by Gasteiger charge is -2.07. The summed E-state index contributed by atoms with van der Waals surface area (Å²) in [6.07, 6.45) is 0.817. The second-order valence-corrected chi connectivity index (χ2v) is 6.85. The zero-order chi connectivity index (χ0) is 18.5. The third-order valence-corrected chi connectivity index (χ3v) is 4.74. The van der Waals surface area contributed by atoms with Crippen LogP contribution in [0.4, 0.5) is 0 Å². The van der Waals surface area contributed by atoms with Crippen molar-refractivity contribution in [2.75, 3.05) is 6.61 Å². The number of nitrogens with zero attached hydrogens (tertiary/aromatic N) is 2. The number of hydrogen-bond donors (Lipinski definition) is 0. The molecule has 0 fully saturated rings. The molecule has 136 valence electrons. The van der Waals surface area contributed by atoms with Crippen LogP contribution < -0.4 is 10.3 Å². The standard InChI is InChI=1S/C19H20N2O4S/c1-13-5-3-6-16(9-13)24-8-4-7-18(23)25-11-15-10-17(22)21-14(2)12-26-19(21)20-15/h3,5-6,9-10,12H,4,7-8,11H2,1-2H3. The summed E-state index contributed by atoms with van der Waals surface area (Å²) in [7, 11) is 0. The van der Waals surface area contributed by atoms with E-state index in [0.717, 1.165) is 17.0 Å². The topological polar surface area (TPSA) is 69.9 Å². The second-order valence-electron chi connectivity index (χ2n) is 6.01. The van der Waals surface area contributed by atoms with Crippen LogP contribution in [-0.4, -0.2) is 22.0 Å². The van der Waals surface area contributed by atoms with E-state index in [1.165, 1.54) is 17.4 Å². The van der Waals surface area contributed by atoms with E-state index in [1.807, 2.05) is 43.5 Å². The van der Waals surface area contributed by atoms with E-state index in [9.17, 15) is 9.59 Å². The lowest BCUT2D eigenvalue weighted by Crippen LogP contribution is -2.16. The van der Waals surface area contributed by atoms with Gasteiger partial charge in [-0.05, 0) is 38.0 Å². The van der Waals surface area contributed by atoms with Crippen LogP contribution in [0.5, 0.6) is 5.75 Å². The molecule has 0 N–H and O–H groups in total. The minimum Gasteiger partial charge on any atom is -0.494 e. The van der Waals surface area contributed by atoms with Gasteiger partial charge >= 0.3 is 5.97 Å². The molecule has 0 aliphatic heterocycles. The number of aryl methyl sites for hydroxylation is 2. The summed E-state index contributed by atoms with van der Waals surface area (Å²) in [6, 6.07) is 9.17. The fraction of sp³-hybridized carbons (Fsp3) is 0.316. The Labute approximate surface area is 155 Å². The first-order valence-electron chi connectivity index (χ1n) is 8.35. The summed E-state index contributed by atoms with van der Waals surface area (Å²) in [5, 5.41) is 1.87. The highest BCUT2D eigenvalue weighted by Gasteiger charge is 2.09. The number of esters is 1.